The van der Waals surface area contributed by atoms with Crippen LogP contribution in [-0.4, -0.2) is 57.5 Å². The lowest BCUT2D eigenvalue weighted by Gasteiger charge is -2.52. The van der Waals surface area contributed by atoms with Crippen molar-refractivity contribution in [3.63, 3.8) is 0 Å². The predicted octanol–water partition coefficient (Wildman–Crippen LogP) is 6.13. The first-order valence-electron chi connectivity index (χ1n) is 14.4. The molecule has 1 atom stereocenters. The molecule has 4 aromatic rings. The van der Waals surface area contributed by atoms with E-state index in [1.807, 2.05) is 43.1 Å². The van der Waals surface area contributed by atoms with Crippen molar-refractivity contribution in [3.05, 3.63) is 94.4 Å². The normalized spacial score (nSPS) is 16.5. The fraction of sp³-hybridized carbons (Fsp3) is 0.394. The molecule has 3 aromatic heterocycles. The Morgan fingerprint density at radius 1 is 1.20 bits per heavy atom. The van der Waals surface area contributed by atoms with Crippen molar-refractivity contribution in [3.8, 4) is 5.75 Å². The number of hydrogen-bond donors (Lipinski definition) is 0. The lowest BCUT2D eigenvalue weighted by atomic mass is 9.60. The fourth-order valence-electron chi connectivity index (χ4n) is 6.62. The van der Waals surface area contributed by atoms with Gasteiger partial charge in [-0.1, -0.05) is 12.5 Å². The van der Waals surface area contributed by atoms with Gasteiger partial charge >= 0.3 is 0 Å². The second-order valence-electron chi connectivity index (χ2n) is 11.6. The van der Waals surface area contributed by atoms with Gasteiger partial charge in [0, 0.05) is 49.2 Å². The number of ether oxygens (including phenoxy) is 1. The van der Waals surface area contributed by atoms with Crippen molar-refractivity contribution in [1.82, 2.24) is 24.3 Å². The van der Waals surface area contributed by atoms with E-state index in [1.54, 1.807) is 6.20 Å². The first-order valence-corrected chi connectivity index (χ1v) is 14.4. The van der Waals surface area contributed by atoms with E-state index < -0.39 is 0 Å². The van der Waals surface area contributed by atoms with Crippen LogP contribution in [-0.2, 0) is 18.5 Å². The average Bonchev–Trinajstić information content (AvgIpc) is 3.35. The summed E-state index contributed by atoms with van der Waals surface area (Å²) in [6.07, 6.45) is 8.75. The average molecular weight is 549 g/mol. The summed E-state index contributed by atoms with van der Waals surface area (Å²) in [5, 5.41) is 0. The lowest BCUT2D eigenvalue weighted by molar-refractivity contribution is 0.0482. The molecule has 210 valence electrons. The fourth-order valence-corrected chi connectivity index (χ4v) is 6.62. The summed E-state index contributed by atoms with van der Waals surface area (Å²) >= 11 is 0. The molecule has 1 amide bonds. The van der Waals surface area contributed by atoms with E-state index in [1.165, 1.54) is 11.1 Å². The van der Waals surface area contributed by atoms with Gasteiger partial charge in [-0.3, -0.25) is 14.8 Å². The summed E-state index contributed by atoms with van der Waals surface area (Å²) in [6.45, 7) is 14.0. The van der Waals surface area contributed by atoms with Crippen molar-refractivity contribution in [1.29, 1.82) is 0 Å². The molecule has 8 nitrogen and oxygen atoms in total. The Bertz CT molecular complexity index is 1660. The summed E-state index contributed by atoms with van der Waals surface area (Å²) in [4.78, 5) is 31.2. The molecule has 1 aliphatic heterocycles. The van der Waals surface area contributed by atoms with Gasteiger partial charge in [0.15, 0.2) is 0 Å². The van der Waals surface area contributed by atoms with E-state index in [9.17, 15) is 4.79 Å². The molecule has 0 radical (unpaired) electrons. The maximum atomic E-state index is 14.4. The van der Waals surface area contributed by atoms with Crippen LogP contribution in [0, 0.1) is 6.57 Å². The monoisotopic (exact) mass is 548 g/mol. The van der Waals surface area contributed by atoms with E-state index >= 15 is 0 Å². The SMILES string of the molecule is [C-]#[N+]c1cnc(C(C)N2CC3(CCC3)c3c(CN(C)C)cc(Cn4ccc5ncccc54)cc3C2=O)cc1OCC. The number of nitrogens with zero attached hydrogens (tertiary/aromatic N) is 6. The van der Waals surface area contributed by atoms with Crippen LogP contribution in [0.3, 0.4) is 0 Å². The molecule has 0 bridgehead atoms. The molecule has 1 aromatic carbocycles. The zero-order valence-corrected chi connectivity index (χ0v) is 24.2. The smallest absolute Gasteiger partial charge is 0.254 e. The molecule has 8 heteroatoms. The minimum absolute atomic E-state index is 0.0416. The molecule has 0 N–H and O–H groups in total. The van der Waals surface area contributed by atoms with Crippen molar-refractivity contribution in [2.45, 2.75) is 57.7 Å². The number of aromatic nitrogens is 3. The van der Waals surface area contributed by atoms with Crippen LogP contribution in [0.25, 0.3) is 15.9 Å². The number of hydrogen-bond acceptors (Lipinski definition) is 5. The number of fused-ring (bicyclic) bond motifs is 3. The Morgan fingerprint density at radius 3 is 2.73 bits per heavy atom. The zero-order chi connectivity index (χ0) is 28.7. The summed E-state index contributed by atoms with van der Waals surface area (Å²) in [5.41, 5.74) is 7.53. The largest absolute Gasteiger partial charge is 0.505 e. The van der Waals surface area contributed by atoms with E-state index in [-0.39, 0.29) is 17.4 Å². The van der Waals surface area contributed by atoms with Gasteiger partial charge in [-0.15, -0.1) is 0 Å². The highest BCUT2D eigenvalue weighted by Gasteiger charge is 2.49. The topological polar surface area (TPSA) is 67.9 Å². The van der Waals surface area contributed by atoms with Gasteiger partial charge < -0.3 is 19.1 Å². The number of rotatable bonds is 8. The first kappa shape index (κ1) is 27.0. The highest BCUT2D eigenvalue weighted by atomic mass is 16.5. The van der Waals surface area contributed by atoms with Gasteiger partial charge in [-0.25, -0.2) is 4.85 Å². The van der Waals surface area contributed by atoms with Crippen LogP contribution < -0.4 is 4.74 Å². The molecule has 1 saturated carbocycles. The number of carbonyl (C=O) groups excluding carboxylic acids is 1. The van der Waals surface area contributed by atoms with Crippen molar-refractivity contribution in [2.24, 2.45) is 0 Å². The van der Waals surface area contributed by atoms with E-state index in [0.29, 0.717) is 31.1 Å². The van der Waals surface area contributed by atoms with Crippen LogP contribution in [0.1, 0.15) is 71.9 Å². The maximum absolute atomic E-state index is 14.4. The van der Waals surface area contributed by atoms with Crippen LogP contribution in [0.2, 0.25) is 0 Å². The van der Waals surface area contributed by atoms with Gasteiger partial charge in [0.1, 0.15) is 5.75 Å². The van der Waals surface area contributed by atoms with Gasteiger partial charge in [-0.2, -0.15) is 0 Å². The van der Waals surface area contributed by atoms with Crippen LogP contribution >= 0.6 is 0 Å². The Kier molecular flexibility index (Phi) is 7.00. The highest BCUT2D eigenvalue weighted by Crippen LogP contribution is 2.51. The van der Waals surface area contributed by atoms with E-state index in [2.05, 4.69) is 62.8 Å². The molecule has 1 unspecified atom stereocenters. The molecule has 4 heterocycles. The third-order valence-electron chi connectivity index (χ3n) is 8.65. The third-order valence-corrected chi connectivity index (χ3v) is 8.65. The molecule has 1 spiro atoms. The predicted molar refractivity (Wildman–Crippen MR) is 159 cm³/mol. The minimum Gasteiger partial charge on any atom is -0.505 e. The Hall–Kier alpha value is -4.22. The molecular formula is C33H36N6O2. The quantitative estimate of drug-likeness (QED) is 0.248. The summed E-state index contributed by atoms with van der Waals surface area (Å²) in [6, 6.07) is 12.1. The second-order valence-corrected chi connectivity index (χ2v) is 11.6. The van der Waals surface area contributed by atoms with Gasteiger partial charge in [-0.05, 0) is 87.8 Å². The van der Waals surface area contributed by atoms with Crippen molar-refractivity contribution in [2.75, 3.05) is 27.2 Å². The minimum atomic E-state index is -0.257. The second kappa shape index (κ2) is 10.6. The van der Waals surface area contributed by atoms with E-state index in [4.69, 9.17) is 11.3 Å². The molecule has 6 rings (SSSR count). The Morgan fingerprint density at radius 2 is 2.02 bits per heavy atom. The molecule has 0 saturated heterocycles. The summed E-state index contributed by atoms with van der Waals surface area (Å²) < 4.78 is 7.95. The molecule has 1 fully saturated rings. The zero-order valence-electron chi connectivity index (χ0n) is 24.2. The van der Waals surface area contributed by atoms with Gasteiger partial charge in [0.2, 0.25) is 5.69 Å². The number of pyridine rings is 2. The standard InChI is InChI=1S/C33H36N6O2/c1-6-41-30-17-27(36-18-28(30)34-3)22(2)39-21-33(11-8-12-33)31-24(20-37(4)5)15-23(16-25(31)32(39)40)19-38-14-10-26-29(38)9-7-13-35-26/h7,9-10,13-18,22H,6,8,11-12,19-21H2,1-2,4-5H3. The van der Waals surface area contributed by atoms with Crippen molar-refractivity contribution >= 4 is 22.6 Å². The van der Waals surface area contributed by atoms with Crippen LogP contribution in [0.15, 0.2) is 55.0 Å². The number of amides is 1. The number of carbonyl (C=O) groups is 1. The maximum Gasteiger partial charge on any atom is 0.254 e. The molecular weight excluding hydrogens is 512 g/mol. The Labute approximate surface area is 241 Å². The molecule has 41 heavy (non-hydrogen) atoms. The van der Waals surface area contributed by atoms with Crippen LogP contribution in [0.4, 0.5) is 5.69 Å². The van der Waals surface area contributed by atoms with Gasteiger partial charge in [0.05, 0.1) is 35.9 Å². The highest BCUT2D eigenvalue weighted by molar-refractivity contribution is 5.98. The molecule has 2 aliphatic rings. The number of benzene rings is 1. The lowest BCUT2D eigenvalue weighted by Crippen LogP contribution is -2.54. The van der Waals surface area contributed by atoms with Crippen molar-refractivity contribution < 1.29 is 9.53 Å². The summed E-state index contributed by atoms with van der Waals surface area (Å²) in [7, 11) is 4.18. The van der Waals surface area contributed by atoms with Crippen LogP contribution in [0.5, 0.6) is 5.75 Å². The van der Waals surface area contributed by atoms with E-state index in [0.717, 1.165) is 53.7 Å². The summed E-state index contributed by atoms with van der Waals surface area (Å²) in [5.74, 6) is 0.562. The third kappa shape index (κ3) is 4.74. The molecule has 1 aliphatic carbocycles. The van der Waals surface area contributed by atoms with Gasteiger partial charge in [0.25, 0.3) is 5.91 Å². The first-order chi connectivity index (χ1) is 19.8. The Balaban J connectivity index is 1.43.